The molecule has 0 saturated heterocycles. The first kappa shape index (κ1) is 12.9. The lowest BCUT2D eigenvalue weighted by molar-refractivity contribution is 0.278. The van der Waals surface area contributed by atoms with Gasteiger partial charge < -0.3 is 19.5 Å². The summed E-state index contributed by atoms with van der Waals surface area (Å²) >= 11 is 0. The molecule has 0 atom stereocenters. The number of benzene rings is 1. The zero-order chi connectivity index (χ0) is 9.68. The highest BCUT2D eigenvalue weighted by Gasteiger charge is 1.92. The second kappa shape index (κ2) is 6.39. The van der Waals surface area contributed by atoms with Crippen molar-refractivity contribution in [1.82, 2.24) is 4.98 Å². The van der Waals surface area contributed by atoms with E-state index in [1.54, 1.807) is 0 Å². The lowest BCUT2D eigenvalue weighted by Crippen LogP contribution is -2.07. The number of para-hydroxylation sites is 2. The number of halogens is 1. The van der Waals surface area contributed by atoms with E-state index in [1.807, 2.05) is 24.3 Å². The Morgan fingerprint density at radius 3 is 2.29 bits per heavy atom. The highest BCUT2D eigenvalue weighted by atomic mass is 35.5. The van der Waals surface area contributed by atoms with E-state index >= 15 is 0 Å². The molecule has 0 aliphatic heterocycles. The Morgan fingerprint density at radius 1 is 1.14 bits per heavy atom. The van der Waals surface area contributed by atoms with E-state index in [4.69, 9.17) is 19.5 Å². The maximum Gasteiger partial charge on any atom is 0.631 e. The molecular weight excluding hydrogens is 208 g/mol. The van der Waals surface area contributed by atoms with Gasteiger partial charge in [0.1, 0.15) is 5.52 Å². The third-order valence-electron chi connectivity index (χ3n) is 1.24. The summed E-state index contributed by atoms with van der Waals surface area (Å²) < 4.78 is 5.01. The van der Waals surface area contributed by atoms with Gasteiger partial charge in [-0.1, -0.05) is 12.1 Å². The van der Waals surface area contributed by atoms with Gasteiger partial charge in [-0.3, -0.25) is 0 Å². The summed E-state index contributed by atoms with van der Waals surface area (Å²) in [6.45, 7) is 0. The van der Waals surface area contributed by atoms with Crippen LogP contribution in [0, 0.1) is 0 Å². The van der Waals surface area contributed by atoms with Gasteiger partial charge >= 0.3 is 7.32 Å². The van der Waals surface area contributed by atoms with Gasteiger partial charge in [-0.2, -0.15) is 0 Å². The van der Waals surface area contributed by atoms with E-state index in [0.717, 1.165) is 11.1 Å². The summed E-state index contributed by atoms with van der Waals surface area (Å²) in [6, 6.07) is 7.67. The number of rotatable bonds is 0. The van der Waals surface area contributed by atoms with Crippen LogP contribution in [-0.2, 0) is 0 Å². The maximum absolute atomic E-state index is 7.17. The minimum atomic E-state index is -2.17. The second-order valence-electron chi connectivity index (χ2n) is 2.17. The monoisotopic (exact) mass is 217 g/mol. The molecule has 14 heavy (non-hydrogen) atoms. The number of hydrogen-bond donors (Lipinski definition) is 3. The predicted molar refractivity (Wildman–Crippen MR) is 53.7 cm³/mol. The molecule has 0 spiro atoms. The van der Waals surface area contributed by atoms with Crippen LogP contribution in [0.25, 0.3) is 11.1 Å². The van der Waals surface area contributed by atoms with E-state index in [0.29, 0.717) is 0 Å². The normalized spacial score (nSPS) is 8.50. The zero-order valence-electron chi connectivity index (χ0n) is 7.07. The smallest absolute Gasteiger partial charge is 0.443 e. The molecule has 0 saturated carbocycles. The van der Waals surface area contributed by atoms with Gasteiger partial charge in [-0.15, -0.1) is 12.4 Å². The van der Waals surface area contributed by atoms with E-state index in [9.17, 15) is 0 Å². The number of fused-ring (bicyclic) bond motifs is 1. The Morgan fingerprint density at radius 2 is 1.71 bits per heavy atom. The average molecular weight is 217 g/mol. The van der Waals surface area contributed by atoms with Crippen molar-refractivity contribution >= 4 is 30.8 Å². The van der Waals surface area contributed by atoms with Gasteiger partial charge in [0, 0.05) is 0 Å². The van der Waals surface area contributed by atoms with Crippen LogP contribution in [-0.4, -0.2) is 27.4 Å². The van der Waals surface area contributed by atoms with Gasteiger partial charge in [0.15, 0.2) is 12.0 Å². The molecular formula is C7H9BClNO4. The lowest BCUT2D eigenvalue weighted by atomic mass is 10.3. The van der Waals surface area contributed by atoms with Crippen molar-refractivity contribution in [3.8, 4) is 0 Å². The molecule has 1 heterocycles. The van der Waals surface area contributed by atoms with Gasteiger partial charge in [-0.25, -0.2) is 4.98 Å². The highest BCUT2D eigenvalue weighted by molar-refractivity contribution is 6.30. The molecule has 2 aromatic rings. The fourth-order valence-electron chi connectivity index (χ4n) is 0.803. The number of aromatic nitrogens is 1. The Bertz CT molecular complexity index is 334. The van der Waals surface area contributed by atoms with E-state index in [2.05, 4.69) is 4.98 Å². The first-order valence-electron chi connectivity index (χ1n) is 3.52. The third-order valence-corrected chi connectivity index (χ3v) is 1.24. The fraction of sp³-hybridized carbons (Fsp3) is 0. The lowest BCUT2D eigenvalue weighted by Gasteiger charge is -1.79. The molecule has 0 amide bonds. The SMILES string of the molecule is Cl.OB(O)O.c1ccc2ocnc2c1. The van der Waals surface area contributed by atoms with Crippen LogP contribution in [0.15, 0.2) is 35.1 Å². The van der Waals surface area contributed by atoms with Gasteiger partial charge in [0.05, 0.1) is 0 Å². The highest BCUT2D eigenvalue weighted by Crippen LogP contribution is 2.09. The molecule has 0 fully saturated rings. The van der Waals surface area contributed by atoms with Crippen molar-refractivity contribution in [2.75, 3.05) is 0 Å². The Kier molecular flexibility index (Phi) is 5.90. The van der Waals surface area contributed by atoms with Crippen LogP contribution < -0.4 is 0 Å². The largest absolute Gasteiger partial charge is 0.631 e. The summed E-state index contributed by atoms with van der Waals surface area (Å²) in [6.07, 6.45) is 1.45. The van der Waals surface area contributed by atoms with Crippen molar-refractivity contribution in [2.24, 2.45) is 0 Å². The van der Waals surface area contributed by atoms with Crippen molar-refractivity contribution < 1.29 is 19.5 Å². The van der Waals surface area contributed by atoms with Crippen molar-refractivity contribution in [3.63, 3.8) is 0 Å². The first-order valence-corrected chi connectivity index (χ1v) is 3.52. The Balaban J connectivity index is 0.000000299. The van der Waals surface area contributed by atoms with Crippen molar-refractivity contribution in [1.29, 1.82) is 0 Å². The minimum Gasteiger partial charge on any atom is -0.443 e. The molecule has 0 aliphatic carbocycles. The summed E-state index contributed by atoms with van der Waals surface area (Å²) in [5.74, 6) is 0. The molecule has 0 unspecified atom stereocenters. The van der Waals surface area contributed by atoms with E-state index in [-0.39, 0.29) is 12.4 Å². The summed E-state index contributed by atoms with van der Waals surface area (Å²) in [7, 11) is -2.17. The predicted octanol–water partition coefficient (Wildman–Crippen LogP) is 0.198. The molecule has 5 nitrogen and oxygen atoms in total. The van der Waals surface area contributed by atoms with E-state index in [1.165, 1.54) is 6.39 Å². The molecule has 1 aromatic heterocycles. The molecule has 0 radical (unpaired) electrons. The maximum atomic E-state index is 7.17. The zero-order valence-corrected chi connectivity index (χ0v) is 7.89. The number of oxazole rings is 1. The summed E-state index contributed by atoms with van der Waals surface area (Å²) in [5.41, 5.74) is 1.76. The molecule has 0 bridgehead atoms. The molecule has 1 aromatic carbocycles. The molecule has 3 N–H and O–H groups in total. The van der Waals surface area contributed by atoms with Gasteiger partial charge in [-0.05, 0) is 12.1 Å². The minimum absolute atomic E-state index is 0. The van der Waals surface area contributed by atoms with Crippen LogP contribution >= 0.6 is 12.4 Å². The Hall–Kier alpha value is -1.08. The third kappa shape index (κ3) is 4.24. The standard InChI is InChI=1S/C7H5NO.BH3O3.ClH/c1-2-4-7-6(3-1)8-5-9-7;2-1(3)4;/h1-5H;2-4H;1H. The average Bonchev–Trinajstić information content (AvgIpc) is 2.49. The molecule has 7 heteroatoms. The van der Waals surface area contributed by atoms with Crippen molar-refractivity contribution in [3.05, 3.63) is 30.7 Å². The molecule has 76 valence electrons. The van der Waals surface area contributed by atoms with Crippen molar-refractivity contribution in [2.45, 2.75) is 0 Å². The number of nitrogens with zero attached hydrogens (tertiary/aromatic N) is 1. The topological polar surface area (TPSA) is 86.7 Å². The first-order chi connectivity index (χ1) is 6.20. The van der Waals surface area contributed by atoms with Crippen LogP contribution in [0.1, 0.15) is 0 Å². The second-order valence-corrected chi connectivity index (χ2v) is 2.17. The fourth-order valence-corrected chi connectivity index (χ4v) is 0.803. The quantitative estimate of drug-likeness (QED) is 0.549. The molecule has 0 aliphatic rings. The Labute approximate surface area is 86.6 Å². The van der Waals surface area contributed by atoms with Crippen LogP contribution in [0.2, 0.25) is 0 Å². The van der Waals surface area contributed by atoms with Crippen LogP contribution in [0.3, 0.4) is 0 Å². The summed E-state index contributed by atoms with van der Waals surface area (Å²) in [4.78, 5) is 3.95. The van der Waals surface area contributed by atoms with E-state index < -0.39 is 7.32 Å². The van der Waals surface area contributed by atoms with Crippen LogP contribution in [0.5, 0.6) is 0 Å². The van der Waals surface area contributed by atoms with Gasteiger partial charge in [0.2, 0.25) is 0 Å². The van der Waals surface area contributed by atoms with Crippen LogP contribution in [0.4, 0.5) is 0 Å². The van der Waals surface area contributed by atoms with Gasteiger partial charge in [0.25, 0.3) is 0 Å². The molecule has 2 rings (SSSR count). The summed E-state index contributed by atoms with van der Waals surface area (Å²) in [5, 5.41) is 21.5. The number of hydrogen-bond acceptors (Lipinski definition) is 5.